The number of amides is 2. The van der Waals surface area contributed by atoms with Gasteiger partial charge in [0, 0.05) is 37.4 Å². The Bertz CT molecular complexity index is 1030. The van der Waals surface area contributed by atoms with Gasteiger partial charge in [0.1, 0.15) is 0 Å². The van der Waals surface area contributed by atoms with Crippen LogP contribution in [0.5, 0.6) is 0 Å². The maximum atomic E-state index is 12.8. The molecule has 1 aliphatic rings. The van der Waals surface area contributed by atoms with E-state index < -0.39 is 0 Å². The number of rotatable bonds is 6. The molecule has 1 aromatic carbocycles. The topological polar surface area (TPSA) is 74.3 Å². The molecule has 8 heteroatoms. The number of carbonyl (C=O) groups is 2. The molecule has 31 heavy (non-hydrogen) atoms. The second kappa shape index (κ2) is 10.0. The quantitative estimate of drug-likeness (QED) is 0.577. The lowest BCUT2D eigenvalue weighted by atomic mass is 10.0. The standard InChI is InChI=1S/C23H23ClN4O2S/c24-19-7-6-16(14-20(19)27-23(30)21-5-3-13-31-21)22(29)26-17-8-11-28(12-9-17)15-18-4-1-2-10-25-18/h1-7,10,13-14,17H,8-9,11-12,15H2,(H,26,29)(H,27,30). The van der Waals surface area contributed by atoms with Gasteiger partial charge in [-0.3, -0.25) is 19.5 Å². The molecule has 3 aromatic rings. The van der Waals surface area contributed by atoms with Crippen LogP contribution in [0, 0.1) is 0 Å². The number of anilines is 1. The Hall–Kier alpha value is -2.74. The van der Waals surface area contributed by atoms with Crippen LogP contribution in [-0.4, -0.2) is 40.8 Å². The Morgan fingerprint density at radius 1 is 1.10 bits per heavy atom. The van der Waals surface area contributed by atoms with E-state index in [2.05, 4.69) is 20.5 Å². The number of thiophene rings is 1. The fraction of sp³-hybridized carbons (Fsp3) is 0.261. The van der Waals surface area contributed by atoms with Gasteiger partial charge >= 0.3 is 0 Å². The summed E-state index contributed by atoms with van der Waals surface area (Å²) in [5.41, 5.74) is 1.96. The van der Waals surface area contributed by atoms with Gasteiger partial charge in [-0.15, -0.1) is 11.3 Å². The number of nitrogens with zero attached hydrogens (tertiary/aromatic N) is 2. The number of benzene rings is 1. The summed E-state index contributed by atoms with van der Waals surface area (Å²) in [5.74, 6) is -0.402. The smallest absolute Gasteiger partial charge is 0.265 e. The highest BCUT2D eigenvalue weighted by Gasteiger charge is 2.22. The van der Waals surface area contributed by atoms with Crippen LogP contribution in [0.2, 0.25) is 5.02 Å². The van der Waals surface area contributed by atoms with Crippen LogP contribution in [0.1, 0.15) is 38.6 Å². The van der Waals surface area contributed by atoms with E-state index in [1.54, 1.807) is 24.3 Å². The first kappa shape index (κ1) is 21.5. The van der Waals surface area contributed by atoms with Crippen molar-refractivity contribution in [2.24, 2.45) is 0 Å². The number of halogens is 1. The molecular formula is C23H23ClN4O2S. The lowest BCUT2D eigenvalue weighted by molar-refractivity contribution is 0.0907. The predicted octanol–water partition coefficient (Wildman–Crippen LogP) is 4.44. The molecule has 0 aliphatic carbocycles. The minimum absolute atomic E-state index is 0.118. The van der Waals surface area contributed by atoms with Crippen LogP contribution in [0.3, 0.4) is 0 Å². The maximum Gasteiger partial charge on any atom is 0.265 e. The second-order valence-corrected chi connectivity index (χ2v) is 8.83. The lowest BCUT2D eigenvalue weighted by Gasteiger charge is -2.32. The molecule has 0 radical (unpaired) electrons. The molecule has 0 saturated carbocycles. The van der Waals surface area contributed by atoms with Crippen LogP contribution in [0.4, 0.5) is 5.69 Å². The number of piperidine rings is 1. The lowest BCUT2D eigenvalue weighted by Crippen LogP contribution is -2.44. The minimum Gasteiger partial charge on any atom is -0.349 e. The van der Waals surface area contributed by atoms with Gasteiger partial charge in [0.05, 0.1) is 21.3 Å². The molecule has 1 saturated heterocycles. The minimum atomic E-state index is -0.241. The van der Waals surface area contributed by atoms with Crippen molar-refractivity contribution in [3.63, 3.8) is 0 Å². The first-order valence-corrected chi connectivity index (χ1v) is 11.4. The zero-order valence-corrected chi connectivity index (χ0v) is 18.5. The molecular weight excluding hydrogens is 432 g/mol. The Morgan fingerprint density at radius 3 is 2.65 bits per heavy atom. The zero-order chi connectivity index (χ0) is 21.6. The third-order valence-corrected chi connectivity index (χ3v) is 6.45. The van der Waals surface area contributed by atoms with E-state index in [0.717, 1.165) is 38.2 Å². The van der Waals surface area contributed by atoms with E-state index in [9.17, 15) is 9.59 Å². The molecule has 2 N–H and O–H groups in total. The number of carbonyl (C=O) groups excluding carboxylic acids is 2. The summed E-state index contributed by atoms with van der Waals surface area (Å²) in [5, 5.41) is 8.13. The van der Waals surface area contributed by atoms with Crippen LogP contribution in [0.15, 0.2) is 60.1 Å². The average Bonchev–Trinajstić information content (AvgIpc) is 3.32. The summed E-state index contributed by atoms with van der Waals surface area (Å²) < 4.78 is 0. The summed E-state index contributed by atoms with van der Waals surface area (Å²) in [6.45, 7) is 2.64. The number of likely N-dealkylation sites (tertiary alicyclic amines) is 1. The molecule has 3 heterocycles. The largest absolute Gasteiger partial charge is 0.349 e. The van der Waals surface area contributed by atoms with Gasteiger partial charge < -0.3 is 10.6 Å². The summed E-state index contributed by atoms with van der Waals surface area (Å²) in [4.78, 5) is 32.4. The highest BCUT2D eigenvalue weighted by atomic mass is 35.5. The van der Waals surface area contributed by atoms with E-state index in [0.29, 0.717) is 21.2 Å². The first-order chi connectivity index (χ1) is 15.1. The molecule has 2 aromatic heterocycles. The molecule has 0 unspecified atom stereocenters. The Kier molecular flexibility index (Phi) is 6.96. The van der Waals surface area contributed by atoms with Crippen LogP contribution >= 0.6 is 22.9 Å². The molecule has 6 nitrogen and oxygen atoms in total. The number of hydrogen-bond donors (Lipinski definition) is 2. The summed E-state index contributed by atoms with van der Waals surface area (Å²) >= 11 is 7.58. The highest BCUT2D eigenvalue weighted by molar-refractivity contribution is 7.12. The van der Waals surface area contributed by atoms with Gasteiger partial charge in [-0.25, -0.2) is 0 Å². The molecule has 0 bridgehead atoms. The average molecular weight is 455 g/mol. The van der Waals surface area contributed by atoms with Crippen molar-refractivity contribution in [3.8, 4) is 0 Å². The number of nitrogens with one attached hydrogen (secondary N) is 2. The number of pyridine rings is 1. The van der Waals surface area contributed by atoms with Crippen molar-refractivity contribution in [2.45, 2.75) is 25.4 Å². The predicted molar refractivity (Wildman–Crippen MR) is 124 cm³/mol. The van der Waals surface area contributed by atoms with Crippen molar-refractivity contribution < 1.29 is 9.59 Å². The van der Waals surface area contributed by atoms with Gasteiger partial charge in [-0.1, -0.05) is 23.7 Å². The van der Waals surface area contributed by atoms with E-state index in [1.165, 1.54) is 11.3 Å². The maximum absolute atomic E-state index is 12.8. The molecule has 1 aliphatic heterocycles. The summed E-state index contributed by atoms with van der Waals surface area (Å²) in [6, 6.07) is 14.6. The van der Waals surface area contributed by atoms with Gasteiger partial charge in [0.2, 0.25) is 0 Å². The van der Waals surface area contributed by atoms with Gasteiger partial charge in [-0.05, 0) is 54.6 Å². The van der Waals surface area contributed by atoms with Crippen molar-refractivity contribution >= 4 is 40.4 Å². The highest BCUT2D eigenvalue weighted by Crippen LogP contribution is 2.25. The van der Waals surface area contributed by atoms with E-state index >= 15 is 0 Å². The molecule has 2 amide bonds. The van der Waals surface area contributed by atoms with Crippen molar-refractivity contribution in [3.05, 3.63) is 81.3 Å². The third kappa shape index (κ3) is 5.70. The molecule has 0 atom stereocenters. The Balaban J connectivity index is 1.32. The Labute approximate surface area is 190 Å². The van der Waals surface area contributed by atoms with Gasteiger partial charge in [0.25, 0.3) is 11.8 Å². The van der Waals surface area contributed by atoms with Crippen molar-refractivity contribution in [1.29, 1.82) is 0 Å². The number of aromatic nitrogens is 1. The van der Waals surface area contributed by atoms with Crippen LogP contribution in [-0.2, 0) is 6.54 Å². The van der Waals surface area contributed by atoms with Gasteiger partial charge in [0.15, 0.2) is 0 Å². The van der Waals surface area contributed by atoms with E-state index in [1.807, 2.05) is 35.8 Å². The van der Waals surface area contributed by atoms with Gasteiger partial charge in [-0.2, -0.15) is 0 Å². The summed E-state index contributed by atoms with van der Waals surface area (Å²) in [6.07, 6.45) is 3.58. The molecule has 0 spiro atoms. The second-order valence-electron chi connectivity index (χ2n) is 7.47. The first-order valence-electron chi connectivity index (χ1n) is 10.2. The van der Waals surface area contributed by atoms with Crippen LogP contribution < -0.4 is 10.6 Å². The Morgan fingerprint density at radius 2 is 1.94 bits per heavy atom. The van der Waals surface area contributed by atoms with Crippen LogP contribution in [0.25, 0.3) is 0 Å². The van der Waals surface area contributed by atoms with E-state index in [4.69, 9.17) is 11.6 Å². The fourth-order valence-electron chi connectivity index (χ4n) is 3.58. The fourth-order valence-corrected chi connectivity index (χ4v) is 4.36. The molecule has 160 valence electrons. The third-order valence-electron chi connectivity index (χ3n) is 5.26. The SMILES string of the molecule is O=C(NC1CCN(Cc2ccccn2)CC1)c1ccc(Cl)c(NC(=O)c2cccs2)c1. The normalized spacial score (nSPS) is 14.9. The number of hydrogen-bond acceptors (Lipinski definition) is 5. The van der Waals surface area contributed by atoms with E-state index in [-0.39, 0.29) is 17.9 Å². The zero-order valence-electron chi connectivity index (χ0n) is 16.9. The van der Waals surface area contributed by atoms with Crippen molar-refractivity contribution in [2.75, 3.05) is 18.4 Å². The summed E-state index contributed by atoms with van der Waals surface area (Å²) in [7, 11) is 0. The molecule has 1 fully saturated rings. The monoisotopic (exact) mass is 454 g/mol. The van der Waals surface area contributed by atoms with Crippen molar-refractivity contribution in [1.82, 2.24) is 15.2 Å². The molecule has 4 rings (SSSR count).